The van der Waals surface area contributed by atoms with Crippen LogP contribution in [-0.4, -0.2) is 45.8 Å². The van der Waals surface area contributed by atoms with Crippen LogP contribution < -0.4 is 10.1 Å². The van der Waals surface area contributed by atoms with Crippen LogP contribution in [-0.2, 0) is 19.5 Å². The van der Waals surface area contributed by atoms with Crippen molar-refractivity contribution in [3.63, 3.8) is 0 Å². The third-order valence-electron chi connectivity index (χ3n) is 6.75. The van der Waals surface area contributed by atoms with Gasteiger partial charge in [0, 0.05) is 38.0 Å². The van der Waals surface area contributed by atoms with Gasteiger partial charge in [0.05, 0.1) is 25.0 Å². The molecule has 0 saturated heterocycles. The minimum Gasteiger partial charge on any atom is -0.496 e. The quantitative estimate of drug-likeness (QED) is 0.433. The molecule has 0 unspecified atom stereocenters. The number of furan rings is 1. The summed E-state index contributed by atoms with van der Waals surface area (Å²) in [6.07, 6.45) is 3.77. The van der Waals surface area contributed by atoms with Gasteiger partial charge in [-0.25, -0.2) is 0 Å². The van der Waals surface area contributed by atoms with Crippen LogP contribution in [0.5, 0.6) is 5.75 Å². The number of nitrogens with one attached hydrogen (secondary N) is 1. The van der Waals surface area contributed by atoms with Crippen molar-refractivity contribution in [3.05, 3.63) is 77.8 Å². The van der Waals surface area contributed by atoms with E-state index in [-0.39, 0.29) is 17.9 Å². The highest BCUT2D eigenvalue weighted by molar-refractivity contribution is 5.94. The first kappa shape index (κ1) is 23.1. The van der Waals surface area contributed by atoms with Gasteiger partial charge in [0.25, 0.3) is 5.91 Å². The van der Waals surface area contributed by atoms with Crippen molar-refractivity contribution in [2.24, 2.45) is 5.92 Å². The van der Waals surface area contributed by atoms with Crippen LogP contribution in [0.2, 0.25) is 0 Å². The Morgan fingerprint density at radius 1 is 1.09 bits per heavy atom. The van der Waals surface area contributed by atoms with Gasteiger partial charge in [0.2, 0.25) is 0 Å². The Morgan fingerprint density at radius 3 is 2.66 bits per heavy atom. The summed E-state index contributed by atoms with van der Waals surface area (Å²) < 4.78 is 12.8. The molecular formula is C27H31N5O3. The fourth-order valence-electron chi connectivity index (χ4n) is 4.82. The molecule has 2 aromatic carbocycles. The summed E-state index contributed by atoms with van der Waals surface area (Å²) in [5.41, 5.74) is 1.79. The molecule has 2 aromatic heterocycles. The summed E-state index contributed by atoms with van der Waals surface area (Å²) >= 11 is 0. The molecule has 0 radical (unpaired) electrons. The lowest BCUT2D eigenvalue weighted by Crippen LogP contribution is -2.34. The number of ether oxygens (including phenoxy) is 1. The van der Waals surface area contributed by atoms with Crippen LogP contribution in [0, 0.1) is 5.92 Å². The number of hydrogen-bond donors (Lipinski definition) is 1. The molecule has 8 heteroatoms. The first-order chi connectivity index (χ1) is 17.0. The number of carbonyl (C=O) groups is 1. The Kier molecular flexibility index (Phi) is 6.55. The number of benzene rings is 2. The van der Waals surface area contributed by atoms with Crippen molar-refractivity contribution in [1.82, 2.24) is 25.0 Å². The molecule has 1 atom stereocenters. The highest BCUT2D eigenvalue weighted by Crippen LogP contribution is 2.29. The zero-order valence-electron chi connectivity index (χ0n) is 20.4. The monoisotopic (exact) mass is 473 g/mol. The van der Waals surface area contributed by atoms with E-state index in [0.29, 0.717) is 5.56 Å². The van der Waals surface area contributed by atoms with E-state index in [4.69, 9.17) is 9.15 Å². The van der Waals surface area contributed by atoms with Crippen LogP contribution >= 0.6 is 0 Å². The first-order valence-electron chi connectivity index (χ1n) is 12.1. The molecule has 0 bridgehead atoms. The van der Waals surface area contributed by atoms with Gasteiger partial charge in [-0.1, -0.05) is 44.2 Å². The second-order valence-corrected chi connectivity index (χ2v) is 9.33. The van der Waals surface area contributed by atoms with E-state index < -0.39 is 0 Å². The molecule has 1 aliphatic rings. The van der Waals surface area contributed by atoms with Gasteiger partial charge in [0.1, 0.15) is 17.8 Å². The molecule has 8 nitrogen and oxygen atoms in total. The van der Waals surface area contributed by atoms with Gasteiger partial charge in [0.15, 0.2) is 5.82 Å². The fraction of sp³-hybridized carbons (Fsp3) is 0.370. The Hall–Kier alpha value is -3.65. The molecule has 4 aromatic rings. The van der Waals surface area contributed by atoms with E-state index in [2.05, 4.69) is 69.2 Å². The fourth-order valence-corrected chi connectivity index (χ4v) is 4.82. The number of fused-ring (bicyclic) bond motifs is 2. The van der Waals surface area contributed by atoms with Crippen molar-refractivity contribution in [1.29, 1.82) is 0 Å². The molecule has 0 aliphatic carbocycles. The lowest BCUT2D eigenvalue weighted by molar-refractivity contribution is 0.0921. The van der Waals surface area contributed by atoms with Crippen LogP contribution in [0.25, 0.3) is 10.8 Å². The first-order valence-corrected chi connectivity index (χ1v) is 12.1. The maximum atomic E-state index is 12.7. The number of methoxy groups -OCH3 is 1. The van der Waals surface area contributed by atoms with Crippen LogP contribution in [0.1, 0.15) is 47.5 Å². The molecule has 0 spiro atoms. The minimum atomic E-state index is -0.240. The van der Waals surface area contributed by atoms with Gasteiger partial charge in [-0.3, -0.25) is 9.69 Å². The van der Waals surface area contributed by atoms with Gasteiger partial charge >= 0.3 is 0 Å². The normalized spacial score (nSPS) is 15.1. The summed E-state index contributed by atoms with van der Waals surface area (Å²) in [6.45, 7) is 7.56. The van der Waals surface area contributed by atoms with E-state index >= 15 is 0 Å². The number of carbonyl (C=O) groups excluding carboxylic acids is 1. The standard InChI is InChI=1S/C27H31N5O3/c1-18(2)25(28-27(33)20-11-15-35-17-20)26-30-29-24-10-12-31(13-14-32(24)26)16-19-8-9-23(34-3)22-7-5-4-6-21(19)22/h4-9,11,15,17-18,25H,10,12-14,16H2,1-3H3,(H,28,33)/t25-/m1/s1. The summed E-state index contributed by atoms with van der Waals surface area (Å²) in [5, 5.41) is 14.5. The topological polar surface area (TPSA) is 85.4 Å². The molecule has 35 heavy (non-hydrogen) atoms. The molecule has 1 N–H and O–H groups in total. The highest BCUT2D eigenvalue weighted by atomic mass is 16.5. The zero-order valence-corrected chi connectivity index (χ0v) is 20.4. The molecule has 3 heterocycles. The van der Waals surface area contributed by atoms with Crippen molar-refractivity contribution in [2.75, 3.05) is 20.2 Å². The Balaban J connectivity index is 1.34. The molecule has 182 valence electrons. The smallest absolute Gasteiger partial charge is 0.255 e. The number of amides is 1. The molecule has 1 aliphatic heterocycles. The summed E-state index contributed by atoms with van der Waals surface area (Å²) in [7, 11) is 1.71. The van der Waals surface area contributed by atoms with Crippen molar-refractivity contribution in [2.45, 2.75) is 39.4 Å². The van der Waals surface area contributed by atoms with Gasteiger partial charge < -0.3 is 19.0 Å². The van der Waals surface area contributed by atoms with Crippen LogP contribution in [0.4, 0.5) is 0 Å². The Bertz CT molecular complexity index is 1310. The number of nitrogens with zero attached hydrogens (tertiary/aromatic N) is 4. The highest BCUT2D eigenvalue weighted by Gasteiger charge is 2.28. The SMILES string of the molecule is COc1ccc(CN2CCc3nnc([C@H](NC(=O)c4ccoc4)C(C)C)n3CC2)c2ccccc12. The lowest BCUT2D eigenvalue weighted by atomic mass is 10.0. The largest absolute Gasteiger partial charge is 0.496 e. The van der Waals surface area contributed by atoms with E-state index in [1.807, 2.05) is 6.07 Å². The van der Waals surface area contributed by atoms with Crippen LogP contribution in [0.3, 0.4) is 0 Å². The van der Waals surface area contributed by atoms with Crippen molar-refractivity contribution >= 4 is 16.7 Å². The maximum absolute atomic E-state index is 12.7. The molecule has 1 amide bonds. The Morgan fingerprint density at radius 2 is 1.91 bits per heavy atom. The second-order valence-electron chi connectivity index (χ2n) is 9.33. The molecule has 5 rings (SSSR count). The average Bonchev–Trinajstić information content (AvgIpc) is 3.50. The Labute approximate surface area is 204 Å². The lowest BCUT2D eigenvalue weighted by Gasteiger charge is -2.23. The van der Waals surface area contributed by atoms with Gasteiger partial charge in [-0.2, -0.15) is 0 Å². The average molecular weight is 474 g/mol. The summed E-state index contributed by atoms with van der Waals surface area (Å²) in [6, 6.07) is 14.0. The number of hydrogen-bond acceptors (Lipinski definition) is 6. The van der Waals surface area contributed by atoms with E-state index in [9.17, 15) is 4.79 Å². The molecule has 0 saturated carbocycles. The van der Waals surface area contributed by atoms with Crippen molar-refractivity contribution in [3.8, 4) is 5.75 Å². The summed E-state index contributed by atoms with van der Waals surface area (Å²) in [5.74, 6) is 2.66. The number of rotatable bonds is 7. The predicted octanol–water partition coefficient (Wildman–Crippen LogP) is 4.22. The zero-order chi connectivity index (χ0) is 24.4. The third-order valence-corrected chi connectivity index (χ3v) is 6.75. The van der Waals surface area contributed by atoms with Gasteiger partial charge in [-0.15, -0.1) is 10.2 Å². The number of aromatic nitrogens is 3. The van der Waals surface area contributed by atoms with E-state index in [0.717, 1.165) is 55.4 Å². The molecule has 0 fully saturated rings. The van der Waals surface area contributed by atoms with Gasteiger partial charge in [-0.05, 0) is 29.0 Å². The van der Waals surface area contributed by atoms with E-state index in [1.165, 1.54) is 23.5 Å². The van der Waals surface area contributed by atoms with Crippen molar-refractivity contribution < 1.29 is 13.9 Å². The van der Waals surface area contributed by atoms with Crippen LogP contribution in [0.15, 0.2) is 59.4 Å². The summed E-state index contributed by atoms with van der Waals surface area (Å²) in [4.78, 5) is 15.2. The van der Waals surface area contributed by atoms with E-state index in [1.54, 1.807) is 13.2 Å². The minimum absolute atomic E-state index is 0.157. The second kappa shape index (κ2) is 9.92. The molecular weight excluding hydrogens is 442 g/mol. The third kappa shape index (κ3) is 4.66. The predicted molar refractivity (Wildman–Crippen MR) is 133 cm³/mol. The maximum Gasteiger partial charge on any atom is 0.255 e.